The number of ether oxygens (including phenoxy) is 3. The average molecular weight is 443 g/mol. The van der Waals surface area contributed by atoms with E-state index in [-0.39, 0.29) is 35.9 Å². The van der Waals surface area contributed by atoms with Crippen LogP contribution in [0.25, 0.3) is 0 Å². The summed E-state index contributed by atoms with van der Waals surface area (Å²) in [6.07, 6.45) is 0. The van der Waals surface area contributed by atoms with E-state index < -0.39 is 25.5 Å². The molecule has 1 aromatic carbocycles. The third-order valence-corrected chi connectivity index (χ3v) is 5.12. The Morgan fingerprint density at radius 1 is 1.17 bits per heavy atom. The summed E-state index contributed by atoms with van der Waals surface area (Å²) in [5.41, 5.74) is -0.398. The largest absolute Gasteiger partial charge is 0.481 e. The first-order chi connectivity index (χ1) is 13.8. The molecule has 1 N–H and O–H groups in total. The van der Waals surface area contributed by atoms with Gasteiger partial charge in [-0.05, 0) is 6.07 Å². The number of nitro groups is 1. The van der Waals surface area contributed by atoms with Crippen LogP contribution in [0.5, 0.6) is 17.8 Å². The second kappa shape index (κ2) is 9.87. The molecule has 1 aromatic heterocycles. The van der Waals surface area contributed by atoms with Crippen LogP contribution in [0.3, 0.4) is 0 Å². The summed E-state index contributed by atoms with van der Waals surface area (Å²) in [4.78, 5) is 17.5. The standard InChI is InChI=1S/C16H15ClN4O7S/c1-26-14-10-15(20-16(19-14)27-2)28-8-4-3-7-18-29(24,25)13-9-11(21(22)23)5-6-12(13)17/h5-6,9-10,18H,7-8H2,1-2H3. The Kier molecular flexibility index (Phi) is 7.54. The van der Waals surface area contributed by atoms with Gasteiger partial charge in [0.25, 0.3) is 5.69 Å². The third kappa shape index (κ3) is 6.18. The fraction of sp³-hybridized carbons (Fsp3) is 0.250. The molecule has 0 fully saturated rings. The van der Waals surface area contributed by atoms with E-state index in [1.165, 1.54) is 20.3 Å². The molecule has 0 bridgehead atoms. The zero-order chi connectivity index (χ0) is 21.4. The summed E-state index contributed by atoms with van der Waals surface area (Å²) in [6, 6.07) is 4.59. The topological polar surface area (TPSA) is 143 Å². The number of halogens is 1. The van der Waals surface area contributed by atoms with Crippen molar-refractivity contribution in [2.24, 2.45) is 0 Å². The first kappa shape index (κ1) is 22.2. The number of aromatic nitrogens is 2. The van der Waals surface area contributed by atoms with E-state index >= 15 is 0 Å². The van der Waals surface area contributed by atoms with E-state index in [9.17, 15) is 18.5 Å². The fourth-order valence-corrected chi connectivity index (χ4v) is 3.34. The summed E-state index contributed by atoms with van der Waals surface area (Å²) in [5.74, 6) is 5.54. The van der Waals surface area contributed by atoms with E-state index in [1.807, 2.05) is 0 Å². The van der Waals surface area contributed by atoms with Gasteiger partial charge in [-0.1, -0.05) is 23.4 Å². The Balaban J connectivity index is 1.96. The van der Waals surface area contributed by atoms with Crippen molar-refractivity contribution in [2.75, 3.05) is 27.4 Å². The van der Waals surface area contributed by atoms with Crippen molar-refractivity contribution in [3.8, 4) is 29.6 Å². The van der Waals surface area contributed by atoms with Gasteiger partial charge in [-0.25, -0.2) is 8.42 Å². The van der Waals surface area contributed by atoms with Crippen LogP contribution in [0, 0.1) is 22.0 Å². The SMILES string of the molecule is COc1cc(OCC#CCNS(=O)(=O)c2cc([N+](=O)[O-])ccc2Cl)nc(OC)n1. The van der Waals surface area contributed by atoms with E-state index in [1.54, 1.807) is 0 Å². The Hall–Kier alpha value is -3.14. The highest BCUT2D eigenvalue weighted by Gasteiger charge is 2.20. The van der Waals surface area contributed by atoms with Gasteiger partial charge in [-0.15, -0.1) is 0 Å². The monoisotopic (exact) mass is 442 g/mol. The average Bonchev–Trinajstić information content (AvgIpc) is 2.70. The van der Waals surface area contributed by atoms with E-state index in [4.69, 9.17) is 25.8 Å². The summed E-state index contributed by atoms with van der Waals surface area (Å²) in [6.45, 7) is -0.357. The maximum Gasteiger partial charge on any atom is 0.322 e. The highest BCUT2D eigenvalue weighted by atomic mass is 35.5. The van der Waals surface area contributed by atoms with Gasteiger partial charge in [0, 0.05) is 12.1 Å². The summed E-state index contributed by atoms with van der Waals surface area (Å²) >= 11 is 5.83. The molecule has 1 heterocycles. The molecule has 0 saturated carbocycles. The molecule has 2 aromatic rings. The molecule has 0 aliphatic rings. The zero-order valence-electron chi connectivity index (χ0n) is 15.2. The molecular formula is C16H15ClN4O7S. The minimum absolute atomic E-state index is 0.0499. The van der Waals surface area contributed by atoms with Gasteiger partial charge >= 0.3 is 6.01 Å². The van der Waals surface area contributed by atoms with Crippen LogP contribution in [-0.4, -0.2) is 50.7 Å². The van der Waals surface area contributed by atoms with Crippen molar-refractivity contribution in [1.82, 2.24) is 14.7 Å². The van der Waals surface area contributed by atoms with Crippen LogP contribution < -0.4 is 18.9 Å². The normalized spacial score (nSPS) is 10.6. The van der Waals surface area contributed by atoms with Crippen LogP contribution in [-0.2, 0) is 10.0 Å². The molecule has 0 aliphatic carbocycles. The lowest BCUT2D eigenvalue weighted by molar-refractivity contribution is -0.385. The predicted molar refractivity (Wildman–Crippen MR) is 102 cm³/mol. The maximum atomic E-state index is 12.3. The number of non-ortho nitro benzene ring substituents is 1. The van der Waals surface area contributed by atoms with Crippen molar-refractivity contribution < 1.29 is 27.6 Å². The Bertz CT molecular complexity index is 1040. The van der Waals surface area contributed by atoms with Crippen molar-refractivity contribution in [2.45, 2.75) is 4.90 Å². The molecule has 13 heteroatoms. The van der Waals surface area contributed by atoms with Gasteiger partial charge in [0.1, 0.15) is 4.90 Å². The van der Waals surface area contributed by atoms with Gasteiger partial charge in [0.05, 0.1) is 36.8 Å². The molecule has 29 heavy (non-hydrogen) atoms. The lowest BCUT2D eigenvalue weighted by atomic mass is 10.3. The molecule has 154 valence electrons. The molecule has 0 spiro atoms. The maximum absolute atomic E-state index is 12.3. The Labute approximate surface area is 171 Å². The number of hydrogen-bond donors (Lipinski definition) is 1. The van der Waals surface area contributed by atoms with Crippen molar-refractivity contribution in [3.05, 3.63) is 39.4 Å². The number of nitrogens with zero attached hydrogens (tertiary/aromatic N) is 3. The van der Waals surface area contributed by atoms with Gasteiger partial charge in [-0.2, -0.15) is 14.7 Å². The summed E-state index contributed by atoms with van der Waals surface area (Å²) < 4.78 is 41.9. The van der Waals surface area contributed by atoms with Crippen LogP contribution in [0.15, 0.2) is 29.2 Å². The number of sulfonamides is 1. The lowest BCUT2D eigenvalue weighted by Gasteiger charge is -2.06. The number of nitrogens with one attached hydrogen (secondary N) is 1. The number of benzene rings is 1. The Morgan fingerprint density at radius 3 is 2.55 bits per heavy atom. The third-order valence-electron chi connectivity index (χ3n) is 3.23. The number of rotatable bonds is 8. The molecule has 2 rings (SSSR count). The fourth-order valence-electron chi connectivity index (χ4n) is 1.90. The summed E-state index contributed by atoms with van der Waals surface area (Å²) in [5, 5.41) is 10.7. The van der Waals surface area contributed by atoms with Crippen molar-refractivity contribution in [1.29, 1.82) is 0 Å². The van der Waals surface area contributed by atoms with Crippen LogP contribution in [0.4, 0.5) is 5.69 Å². The minimum atomic E-state index is -4.09. The minimum Gasteiger partial charge on any atom is -0.481 e. The first-order valence-electron chi connectivity index (χ1n) is 7.76. The summed E-state index contributed by atoms with van der Waals surface area (Å²) in [7, 11) is -1.28. The highest BCUT2D eigenvalue weighted by Crippen LogP contribution is 2.25. The smallest absolute Gasteiger partial charge is 0.322 e. The van der Waals surface area contributed by atoms with E-state index in [0.29, 0.717) is 0 Å². The predicted octanol–water partition coefficient (Wildman–Crippen LogP) is 1.42. The zero-order valence-corrected chi connectivity index (χ0v) is 16.8. The van der Waals surface area contributed by atoms with Gasteiger partial charge in [0.15, 0.2) is 6.61 Å². The second-order valence-electron chi connectivity index (χ2n) is 5.07. The quantitative estimate of drug-likeness (QED) is 0.364. The number of hydrogen-bond acceptors (Lipinski definition) is 9. The first-order valence-corrected chi connectivity index (χ1v) is 9.62. The molecule has 0 radical (unpaired) electrons. The van der Waals surface area contributed by atoms with Crippen LogP contribution >= 0.6 is 11.6 Å². The lowest BCUT2D eigenvalue weighted by Crippen LogP contribution is -2.24. The van der Waals surface area contributed by atoms with E-state index in [2.05, 4.69) is 26.5 Å². The molecule has 11 nitrogen and oxygen atoms in total. The molecule has 0 amide bonds. The molecular weight excluding hydrogens is 428 g/mol. The number of nitro benzene ring substituents is 1. The molecule has 0 atom stereocenters. The van der Waals surface area contributed by atoms with E-state index in [0.717, 1.165) is 18.2 Å². The van der Waals surface area contributed by atoms with Crippen molar-refractivity contribution in [3.63, 3.8) is 0 Å². The van der Waals surface area contributed by atoms with Crippen molar-refractivity contribution >= 4 is 27.3 Å². The van der Waals surface area contributed by atoms with Gasteiger partial charge < -0.3 is 14.2 Å². The highest BCUT2D eigenvalue weighted by molar-refractivity contribution is 7.89. The van der Waals surface area contributed by atoms with Gasteiger partial charge in [-0.3, -0.25) is 10.1 Å². The van der Waals surface area contributed by atoms with Crippen LogP contribution in [0.2, 0.25) is 5.02 Å². The second-order valence-corrected chi connectivity index (χ2v) is 7.22. The Morgan fingerprint density at radius 2 is 1.90 bits per heavy atom. The molecule has 0 unspecified atom stereocenters. The molecule has 0 saturated heterocycles. The van der Waals surface area contributed by atoms with Crippen LogP contribution in [0.1, 0.15) is 0 Å². The van der Waals surface area contributed by atoms with Gasteiger partial charge in [0.2, 0.25) is 21.8 Å². The number of methoxy groups -OCH3 is 2. The molecule has 0 aliphatic heterocycles.